The lowest BCUT2D eigenvalue weighted by Crippen LogP contribution is -2.27. The first kappa shape index (κ1) is 21.3. The first-order valence-corrected chi connectivity index (χ1v) is 7.61. The molecule has 0 fully saturated rings. The number of hydrogen-bond donors (Lipinski definition) is 1. The first-order valence-electron chi connectivity index (χ1n) is 7.61. The van der Waals surface area contributed by atoms with Crippen LogP contribution in [0.4, 0.5) is 26.3 Å². The van der Waals surface area contributed by atoms with Crippen LogP contribution in [0.5, 0.6) is 11.6 Å². The molecule has 0 radical (unpaired) electrons. The van der Waals surface area contributed by atoms with Crippen LogP contribution in [0.1, 0.15) is 29.0 Å². The fourth-order valence-electron chi connectivity index (χ4n) is 1.94. The molecule has 0 aliphatic carbocycles. The second-order valence-corrected chi connectivity index (χ2v) is 5.45. The van der Waals surface area contributed by atoms with Crippen molar-refractivity contribution in [2.75, 3.05) is 6.61 Å². The summed E-state index contributed by atoms with van der Waals surface area (Å²) in [6.45, 7) is 0.0284. The normalized spacial score (nSPS) is 13.0. The van der Waals surface area contributed by atoms with Crippen molar-refractivity contribution in [3.8, 4) is 11.6 Å². The van der Waals surface area contributed by atoms with E-state index < -0.39 is 36.8 Å². The van der Waals surface area contributed by atoms with Crippen molar-refractivity contribution in [1.82, 2.24) is 15.3 Å². The standard InChI is InChI=1S/C16H13F6N3O3/c1-9(12-6-24-13(7-23-12)27-8-15(17,18)19)25-14(26)10-2-4-11(5-3-10)28-16(20,21)22/h2-7,9H,8H2,1H3,(H,25,26)/t9-/m1/s1. The van der Waals surface area contributed by atoms with Crippen LogP contribution in [0, 0.1) is 0 Å². The molecule has 28 heavy (non-hydrogen) atoms. The Kier molecular flexibility index (Phi) is 6.31. The molecular formula is C16H13F6N3O3. The van der Waals surface area contributed by atoms with Gasteiger partial charge in [-0.1, -0.05) is 0 Å². The van der Waals surface area contributed by atoms with Gasteiger partial charge in [0.1, 0.15) is 5.75 Å². The lowest BCUT2D eigenvalue weighted by molar-refractivity contribution is -0.274. The molecular weight excluding hydrogens is 396 g/mol. The minimum Gasteiger partial charge on any atom is -0.467 e. The molecule has 1 heterocycles. The molecule has 2 aromatic rings. The Bertz CT molecular complexity index is 791. The van der Waals surface area contributed by atoms with E-state index >= 15 is 0 Å². The van der Waals surface area contributed by atoms with E-state index in [9.17, 15) is 31.1 Å². The Morgan fingerprint density at radius 3 is 2.21 bits per heavy atom. The van der Waals surface area contributed by atoms with Gasteiger partial charge in [-0.05, 0) is 31.2 Å². The summed E-state index contributed by atoms with van der Waals surface area (Å²) in [7, 11) is 0. The number of aromatic nitrogens is 2. The number of benzene rings is 1. The van der Waals surface area contributed by atoms with Crippen molar-refractivity contribution < 1.29 is 40.6 Å². The average Bonchev–Trinajstić information content (AvgIpc) is 2.59. The van der Waals surface area contributed by atoms with E-state index in [4.69, 9.17) is 0 Å². The molecule has 0 unspecified atom stereocenters. The fourth-order valence-corrected chi connectivity index (χ4v) is 1.94. The summed E-state index contributed by atoms with van der Waals surface area (Å²) >= 11 is 0. The van der Waals surface area contributed by atoms with E-state index in [0.29, 0.717) is 0 Å². The van der Waals surface area contributed by atoms with Crippen LogP contribution >= 0.6 is 0 Å². The number of halogens is 6. The minimum atomic E-state index is -4.84. The van der Waals surface area contributed by atoms with E-state index in [1.165, 1.54) is 0 Å². The summed E-state index contributed by atoms with van der Waals surface area (Å²) in [5.41, 5.74) is 0.309. The number of carbonyl (C=O) groups excluding carboxylic acids is 1. The summed E-state index contributed by atoms with van der Waals surface area (Å²) in [6.07, 6.45) is -7.24. The van der Waals surface area contributed by atoms with Crippen LogP contribution in [-0.4, -0.2) is 35.0 Å². The van der Waals surface area contributed by atoms with E-state index in [0.717, 1.165) is 36.7 Å². The number of ether oxygens (including phenoxy) is 2. The topological polar surface area (TPSA) is 73.3 Å². The number of carbonyl (C=O) groups is 1. The summed E-state index contributed by atoms with van der Waals surface area (Å²) in [5, 5.41) is 2.53. The molecule has 12 heteroatoms. The Labute approximate surface area is 154 Å². The number of rotatable bonds is 6. The van der Waals surface area contributed by atoms with Gasteiger partial charge in [-0.25, -0.2) is 4.98 Å². The van der Waals surface area contributed by atoms with Crippen LogP contribution in [0.15, 0.2) is 36.7 Å². The highest BCUT2D eigenvalue weighted by Crippen LogP contribution is 2.23. The van der Waals surface area contributed by atoms with Crippen molar-refractivity contribution in [2.24, 2.45) is 0 Å². The molecule has 152 valence electrons. The van der Waals surface area contributed by atoms with Gasteiger partial charge in [-0.2, -0.15) is 13.2 Å². The van der Waals surface area contributed by atoms with Crippen LogP contribution < -0.4 is 14.8 Å². The van der Waals surface area contributed by atoms with Gasteiger partial charge in [0.15, 0.2) is 6.61 Å². The Morgan fingerprint density at radius 2 is 1.71 bits per heavy atom. The Morgan fingerprint density at radius 1 is 1.07 bits per heavy atom. The second-order valence-electron chi connectivity index (χ2n) is 5.45. The highest BCUT2D eigenvalue weighted by atomic mass is 19.4. The largest absolute Gasteiger partial charge is 0.573 e. The lowest BCUT2D eigenvalue weighted by Gasteiger charge is -2.14. The third-order valence-electron chi connectivity index (χ3n) is 3.17. The van der Waals surface area contributed by atoms with Gasteiger partial charge in [-0.15, -0.1) is 13.2 Å². The molecule has 1 atom stereocenters. The maximum Gasteiger partial charge on any atom is 0.573 e. The summed E-state index contributed by atoms with van der Waals surface area (Å²) in [5.74, 6) is -1.41. The van der Waals surface area contributed by atoms with Gasteiger partial charge >= 0.3 is 12.5 Å². The zero-order valence-corrected chi connectivity index (χ0v) is 14.1. The monoisotopic (exact) mass is 409 g/mol. The van der Waals surface area contributed by atoms with Gasteiger partial charge in [0.05, 0.1) is 24.1 Å². The van der Waals surface area contributed by atoms with E-state index in [1.807, 2.05) is 0 Å². The first-order chi connectivity index (χ1) is 12.9. The molecule has 0 aliphatic rings. The highest BCUT2D eigenvalue weighted by molar-refractivity contribution is 5.94. The summed E-state index contributed by atoms with van der Waals surface area (Å²) in [6, 6.07) is 3.58. The van der Waals surface area contributed by atoms with E-state index in [-0.39, 0.29) is 17.1 Å². The molecule has 6 nitrogen and oxygen atoms in total. The molecule has 1 aromatic heterocycles. The average molecular weight is 409 g/mol. The van der Waals surface area contributed by atoms with Gasteiger partial charge in [0, 0.05) is 5.56 Å². The number of nitrogens with one attached hydrogen (secondary N) is 1. The SMILES string of the molecule is C[C@@H](NC(=O)c1ccc(OC(F)(F)F)cc1)c1cnc(OCC(F)(F)F)cn1. The maximum absolute atomic E-state index is 12.1. The molecule has 0 saturated carbocycles. The third kappa shape index (κ3) is 6.93. The van der Waals surface area contributed by atoms with E-state index in [2.05, 4.69) is 24.8 Å². The molecule has 2 rings (SSSR count). The number of alkyl halides is 6. The molecule has 1 amide bonds. The predicted molar refractivity (Wildman–Crippen MR) is 82.6 cm³/mol. The molecule has 0 bridgehead atoms. The third-order valence-corrected chi connectivity index (χ3v) is 3.17. The van der Waals surface area contributed by atoms with Crippen molar-refractivity contribution in [2.45, 2.75) is 25.5 Å². The number of nitrogens with zero attached hydrogens (tertiary/aromatic N) is 2. The molecule has 0 spiro atoms. The van der Waals surface area contributed by atoms with Crippen molar-refractivity contribution in [3.63, 3.8) is 0 Å². The van der Waals surface area contributed by atoms with Gasteiger partial charge in [-0.3, -0.25) is 9.78 Å². The van der Waals surface area contributed by atoms with Crippen molar-refractivity contribution >= 4 is 5.91 Å². The van der Waals surface area contributed by atoms with Crippen LogP contribution in [0.2, 0.25) is 0 Å². The highest BCUT2D eigenvalue weighted by Gasteiger charge is 2.31. The number of hydrogen-bond acceptors (Lipinski definition) is 5. The van der Waals surface area contributed by atoms with Crippen LogP contribution in [-0.2, 0) is 0 Å². The zero-order valence-electron chi connectivity index (χ0n) is 14.1. The van der Waals surface area contributed by atoms with Crippen LogP contribution in [0.3, 0.4) is 0 Å². The molecule has 0 saturated heterocycles. The summed E-state index contributed by atoms with van der Waals surface area (Å²) in [4.78, 5) is 19.7. The van der Waals surface area contributed by atoms with Gasteiger partial charge in [0.25, 0.3) is 5.91 Å². The maximum atomic E-state index is 12.1. The Hall–Kier alpha value is -3.05. The smallest absolute Gasteiger partial charge is 0.467 e. The molecule has 1 N–H and O–H groups in total. The minimum absolute atomic E-state index is 0.0689. The number of amides is 1. The second kappa shape index (κ2) is 8.31. The lowest BCUT2D eigenvalue weighted by atomic mass is 10.1. The zero-order chi connectivity index (χ0) is 20.9. The Balaban J connectivity index is 1.94. The van der Waals surface area contributed by atoms with Crippen molar-refractivity contribution in [3.05, 3.63) is 47.9 Å². The van der Waals surface area contributed by atoms with Crippen LogP contribution in [0.25, 0.3) is 0 Å². The predicted octanol–water partition coefficient (Wildman–Crippen LogP) is 3.81. The molecule has 1 aromatic carbocycles. The molecule has 0 aliphatic heterocycles. The van der Waals surface area contributed by atoms with E-state index in [1.54, 1.807) is 6.92 Å². The van der Waals surface area contributed by atoms with Crippen molar-refractivity contribution in [1.29, 1.82) is 0 Å². The van der Waals surface area contributed by atoms with Gasteiger partial charge < -0.3 is 14.8 Å². The summed E-state index contributed by atoms with van der Waals surface area (Å²) < 4.78 is 80.7. The van der Waals surface area contributed by atoms with Gasteiger partial charge in [0.2, 0.25) is 5.88 Å². The quantitative estimate of drug-likeness (QED) is 0.735. The fraction of sp³-hybridized carbons (Fsp3) is 0.312.